The summed E-state index contributed by atoms with van der Waals surface area (Å²) in [5.41, 5.74) is 1.98. The summed E-state index contributed by atoms with van der Waals surface area (Å²) in [6.07, 6.45) is 6.54. The maximum absolute atomic E-state index is 12.7. The summed E-state index contributed by atoms with van der Waals surface area (Å²) in [5.74, 6) is 2.81. The minimum absolute atomic E-state index is 0.117. The maximum Gasteiger partial charge on any atom is 0.253 e. The van der Waals surface area contributed by atoms with Gasteiger partial charge in [0.15, 0.2) is 0 Å². The first-order valence-corrected chi connectivity index (χ1v) is 9.14. The molecule has 1 aromatic heterocycles. The fraction of sp³-hybridized carbons (Fsp3) is 0.500. The molecule has 5 nitrogen and oxygen atoms in total. The van der Waals surface area contributed by atoms with Gasteiger partial charge in [0.2, 0.25) is 0 Å². The number of carbonyl (C=O) groups is 1. The number of imidazole rings is 1. The largest absolute Gasteiger partial charge is 0.497 e. The number of nitrogens with zero attached hydrogens (tertiary/aromatic N) is 3. The van der Waals surface area contributed by atoms with E-state index in [-0.39, 0.29) is 5.91 Å². The lowest BCUT2D eigenvalue weighted by molar-refractivity contribution is 0.0693. The van der Waals surface area contributed by atoms with Crippen LogP contribution in [0.4, 0.5) is 0 Å². The molecule has 2 aliphatic rings. The number of amides is 1. The van der Waals surface area contributed by atoms with Crippen LogP contribution >= 0.6 is 0 Å². The van der Waals surface area contributed by atoms with Crippen LogP contribution in [0.15, 0.2) is 30.5 Å². The first-order valence-electron chi connectivity index (χ1n) is 9.14. The molecule has 5 heteroatoms. The van der Waals surface area contributed by atoms with Crippen LogP contribution in [0.1, 0.15) is 59.5 Å². The molecule has 4 rings (SSSR count). The van der Waals surface area contributed by atoms with Gasteiger partial charge in [-0.05, 0) is 56.9 Å². The summed E-state index contributed by atoms with van der Waals surface area (Å²) >= 11 is 0. The van der Waals surface area contributed by atoms with Crippen molar-refractivity contribution >= 4 is 5.91 Å². The zero-order valence-electron chi connectivity index (χ0n) is 14.9. The molecule has 2 aromatic rings. The van der Waals surface area contributed by atoms with Crippen molar-refractivity contribution in [1.29, 1.82) is 0 Å². The van der Waals surface area contributed by atoms with E-state index in [2.05, 4.69) is 16.5 Å². The Kier molecular flexibility index (Phi) is 4.24. The zero-order chi connectivity index (χ0) is 17.4. The number of hydrogen-bond donors (Lipinski definition) is 0. The third kappa shape index (κ3) is 3.15. The SMILES string of the molecule is COc1ccc(C(=O)N2CCC(n3c(C)cnc3C3CC3)CC2)cc1. The summed E-state index contributed by atoms with van der Waals surface area (Å²) in [6.45, 7) is 3.75. The van der Waals surface area contributed by atoms with Gasteiger partial charge in [0.05, 0.1) is 7.11 Å². The first-order chi connectivity index (χ1) is 12.2. The van der Waals surface area contributed by atoms with Gasteiger partial charge in [-0.25, -0.2) is 4.98 Å². The fourth-order valence-corrected chi connectivity index (χ4v) is 3.83. The number of piperidine rings is 1. The van der Waals surface area contributed by atoms with E-state index >= 15 is 0 Å². The molecule has 0 radical (unpaired) electrons. The van der Waals surface area contributed by atoms with Gasteiger partial charge < -0.3 is 14.2 Å². The third-order valence-electron chi connectivity index (χ3n) is 5.41. The van der Waals surface area contributed by atoms with Gasteiger partial charge in [-0.1, -0.05) is 0 Å². The molecule has 1 saturated heterocycles. The van der Waals surface area contributed by atoms with Crippen molar-refractivity contribution in [3.63, 3.8) is 0 Å². The highest BCUT2D eigenvalue weighted by Gasteiger charge is 2.32. The molecule has 2 fully saturated rings. The minimum Gasteiger partial charge on any atom is -0.497 e. The maximum atomic E-state index is 12.7. The van der Waals surface area contributed by atoms with E-state index in [4.69, 9.17) is 4.74 Å². The second-order valence-corrected chi connectivity index (χ2v) is 7.15. The molecule has 0 spiro atoms. The molecule has 1 saturated carbocycles. The minimum atomic E-state index is 0.117. The van der Waals surface area contributed by atoms with Crippen LogP contribution in [-0.2, 0) is 0 Å². The van der Waals surface area contributed by atoms with Gasteiger partial charge in [-0.2, -0.15) is 0 Å². The van der Waals surface area contributed by atoms with Gasteiger partial charge in [0, 0.05) is 42.5 Å². The Morgan fingerprint density at radius 2 is 1.80 bits per heavy atom. The molecule has 0 bridgehead atoms. The molecular formula is C20H25N3O2. The lowest BCUT2D eigenvalue weighted by Crippen LogP contribution is -2.39. The number of ether oxygens (including phenoxy) is 1. The third-order valence-corrected chi connectivity index (χ3v) is 5.41. The molecule has 1 aliphatic heterocycles. The Morgan fingerprint density at radius 3 is 2.40 bits per heavy atom. The predicted molar refractivity (Wildman–Crippen MR) is 96.1 cm³/mol. The number of methoxy groups -OCH3 is 1. The molecule has 1 amide bonds. The number of carbonyl (C=O) groups excluding carboxylic acids is 1. The number of aromatic nitrogens is 2. The van der Waals surface area contributed by atoms with Crippen LogP contribution in [0.2, 0.25) is 0 Å². The van der Waals surface area contributed by atoms with Crippen LogP contribution < -0.4 is 4.74 Å². The fourth-order valence-electron chi connectivity index (χ4n) is 3.83. The predicted octanol–water partition coefficient (Wildman–Crippen LogP) is 3.55. The molecule has 2 heterocycles. The van der Waals surface area contributed by atoms with Crippen molar-refractivity contribution < 1.29 is 9.53 Å². The van der Waals surface area contributed by atoms with Crippen LogP contribution in [0, 0.1) is 6.92 Å². The highest BCUT2D eigenvalue weighted by molar-refractivity contribution is 5.94. The highest BCUT2D eigenvalue weighted by Crippen LogP contribution is 2.41. The summed E-state index contributed by atoms with van der Waals surface area (Å²) in [4.78, 5) is 19.3. The summed E-state index contributed by atoms with van der Waals surface area (Å²) in [6, 6.07) is 7.85. The lowest BCUT2D eigenvalue weighted by atomic mass is 10.0. The topological polar surface area (TPSA) is 47.4 Å². The summed E-state index contributed by atoms with van der Waals surface area (Å²) in [5, 5.41) is 0. The van der Waals surface area contributed by atoms with Crippen LogP contribution in [0.25, 0.3) is 0 Å². The number of likely N-dealkylation sites (tertiary alicyclic amines) is 1. The van der Waals surface area contributed by atoms with Gasteiger partial charge in [0.25, 0.3) is 5.91 Å². The van der Waals surface area contributed by atoms with E-state index in [1.165, 1.54) is 24.4 Å². The van der Waals surface area contributed by atoms with Gasteiger partial charge in [-0.3, -0.25) is 4.79 Å². The molecule has 0 atom stereocenters. The first kappa shape index (κ1) is 16.2. The van der Waals surface area contributed by atoms with Gasteiger partial charge >= 0.3 is 0 Å². The average Bonchev–Trinajstić information content (AvgIpc) is 3.43. The Bertz CT molecular complexity index is 754. The van der Waals surface area contributed by atoms with E-state index < -0.39 is 0 Å². The molecule has 0 unspecified atom stereocenters. The van der Waals surface area contributed by atoms with Crippen molar-refractivity contribution in [2.45, 2.75) is 44.6 Å². The number of rotatable bonds is 4. The second kappa shape index (κ2) is 6.54. The quantitative estimate of drug-likeness (QED) is 0.856. The van der Waals surface area contributed by atoms with Crippen molar-refractivity contribution in [2.75, 3.05) is 20.2 Å². The highest BCUT2D eigenvalue weighted by atomic mass is 16.5. The normalized spacial score (nSPS) is 18.4. The number of aryl methyl sites for hydroxylation is 1. The zero-order valence-corrected chi connectivity index (χ0v) is 14.9. The van der Waals surface area contributed by atoms with Crippen molar-refractivity contribution in [3.8, 4) is 5.75 Å². The van der Waals surface area contributed by atoms with Crippen molar-refractivity contribution in [2.24, 2.45) is 0 Å². The van der Waals surface area contributed by atoms with Crippen molar-refractivity contribution in [3.05, 3.63) is 47.5 Å². The van der Waals surface area contributed by atoms with Gasteiger partial charge in [0.1, 0.15) is 11.6 Å². The Balaban J connectivity index is 1.42. The lowest BCUT2D eigenvalue weighted by Gasteiger charge is -2.34. The average molecular weight is 339 g/mol. The monoisotopic (exact) mass is 339 g/mol. The number of hydrogen-bond acceptors (Lipinski definition) is 3. The molecule has 25 heavy (non-hydrogen) atoms. The van der Waals surface area contributed by atoms with E-state index in [1.54, 1.807) is 7.11 Å². The van der Waals surface area contributed by atoms with Crippen molar-refractivity contribution in [1.82, 2.24) is 14.5 Å². The smallest absolute Gasteiger partial charge is 0.253 e. The number of benzene rings is 1. The molecule has 1 aromatic carbocycles. The van der Waals surface area contributed by atoms with E-state index in [0.29, 0.717) is 12.0 Å². The molecule has 0 N–H and O–H groups in total. The molecular weight excluding hydrogens is 314 g/mol. The molecule has 132 valence electrons. The Morgan fingerprint density at radius 1 is 1.12 bits per heavy atom. The van der Waals surface area contributed by atoms with Gasteiger partial charge in [-0.15, -0.1) is 0 Å². The van der Waals surface area contributed by atoms with Crippen LogP contribution in [0.3, 0.4) is 0 Å². The Labute approximate surface area is 148 Å². The van der Waals surface area contributed by atoms with E-state index in [1.807, 2.05) is 35.4 Å². The van der Waals surface area contributed by atoms with E-state index in [9.17, 15) is 4.79 Å². The van der Waals surface area contributed by atoms with Crippen LogP contribution in [0.5, 0.6) is 5.75 Å². The Hall–Kier alpha value is -2.30. The standard InChI is InChI=1S/C20H25N3O2/c1-14-13-21-19(15-3-4-15)23(14)17-9-11-22(12-10-17)20(24)16-5-7-18(25-2)8-6-16/h5-8,13,15,17H,3-4,9-12H2,1-2H3. The summed E-state index contributed by atoms with van der Waals surface area (Å²) in [7, 11) is 1.63. The van der Waals surface area contributed by atoms with Crippen LogP contribution in [-0.4, -0.2) is 40.6 Å². The second-order valence-electron chi connectivity index (χ2n) is 7.15. The summed E-state index contributed by atoms with van der Waals surface area (Å²) < 4.78 is 7.60. The van der Waals surface area contributed by atoms with E-state index in [0.717, 1.165) is 37.2 Å². The molecule has 1 aliphatic carbocycles.